The van der Waals surface area contributed by atoms with Crippen LogP contribution in [0.4, 0.5) is 19.7 Å². The quantitative estimate of drug-likeness (QED) is 0.752. The van der Waals surface area contributed by atoms with E-state index in [1.165, 1.54) is 11.3 Å². The first-order valence-corrected chi connectivity index (χ1v) is 10.3. The van der Waals surface area contributed by atoms with Gasteiger partial charge in [-0.1, -0.05) is 6.07 Å². The number of likely N-dealkylation sites (tertiary alicyclic amines) is 2. The summed E-state index contributed by atoms with van der Waals surface area (Å²) in [6, 6.07) is 7.91. The number of hydrogen-bond donors (Lipinski definition) is 1. The molecule has 0 radical (unpaired) electrons. The fourth-order valence-corrected chi connectivity index (χ4v) is 4.34. The fraction of sp³-hybridized carbons (Fsp3) is 0.474. The second kappa shape index (κ2) is 8.00. The summed E-state index contributed by atoms with van der Waals surface area (Å²) in [5, 5.41) is 14.1. The van der Waals surface area contributed by atoms with Crippen LogP contribution in [0, 0.1) is 11.3 Å². The Morgan fingerprint density at radius 1 is 1.38 bits per heavy atom. The number of rotatable bonds is 5. The number of thiazole rings is 1. The van der Waals surface area contributed by atoms with Crippen LogP contribution < -0.4 is 5.32 Å². The Bertz CT molecular complexity index is 935. The molecular formula is C19H20F2N6OS. The van der Waals surface area contributed by atoms with E-state index >= 15 is 0 Å². The van der Waals surface area contributed by atoms with Gasteiger partial charge in [0, 0.05) is 23.5 Å². The number of aromatic nitrogens is 2. The third kappa shape index (κ3) is 4.52. The number of nitrogens with zero attached hydrogens (tertiary/aromatic N) is 5. The van der Waals surface area contributed by atoms with Gasteiger partial charge in [-0.25, -0.2) is 18.7 Å². The Morgan fingerprint density at radius 2 is 2.21 bits per heavy atom. The highest BCUT2D eigenvalue weighted by molar-refractivity contribution is 7.14. The molecule has 0 bridgehead atoms. The summed E-state index contributed by atoms with van der Waals surface area (Å²) in [6.45, 7) is 1.05. The second-order valence-corrected chi connectivity index (χ2v) is 8.22. The molecule has 4 rings (SSSR count). The van der Waals surface area contributed by atoms with Gasteiger partial charge >= 0.3 is 0 Å². The van der Waals surface area contributed by atoms with Crippen molar-refractivity contribution in [2.75, 3.05) is 38.0 Å². The van der Waals surface area contributed by atoms with Gasteiger partial charge in [0.15, 0.2) is 5.13 Å². The molecule has 2 aromatic rings. The molecule has 152 valence electrons. The van der Waals surface area contributed by atoms with Crippen LogP contribution in [0.2, 0.25) is 0 Å². The molecule has 2 aromatic heterocycles. The van der Waals surface area contributed by atoms with Gasteiger partial charge in [0.05, 0.1) is 25.7 Å². The summed E-state index contributed by atoms with van der Waals surface area (Å²) in [5.74, 6) is -2.40. The number of carbonyl (C=O) groups is 1. The van der Waals surface area contributed by atoms with Crippen molar-refractivity contribution < 1.29 is 13.6 Å². The molecule has 0 spiro atoms. The van der Waals surface area contributed by atoms with Crippen LogP contribution in [-0.4, -0.2) is 64.3 Å². The van der Waals surface area contributed by atoms with Crippen LogP contribution in [0.3, 0.4) is 0 Å². The topological polar surface area (TPSA) is 85.2 Å². The summed E-state index contributed by atoms with van der Waals surface area (Å²) in [7, 11) is 0. The Kier molecular flexibility index (Phi) is 5.43. The number of carbonyl (C=O) groups excluding carboxylic acids is 1. The molecule has 2 saturated heterocycles. The first-order chi connectivity index (χ1) is 13.9. The number of hydrogen-bond acceptors (Lipinski definition) is 7. The van der Waals surface area contributed by atoms with E-state index in [0.717, 1.165) is 36.5 Å². The number of piperidine rings is 1. The lowest BCUT2D eigenvalue weighted by Crippen LogP contribution is -2.58. The predicted octanol–water partition coefficient (Wildman–Crippen LogP) is 3.08. The van der Waals surface area contributed by atoms with Gasteiger partial charge in [0.2, 0.25) is 0 Å². The first kappa shape index (κ1) is 19.7. The summed E-state index contributed by atoms with van der Waals surface area (Å²) < 4.78 is 25.9. The van der Waals surface area contributed by atoms with E-state index < -0.39 is 24.9 Å². The van der Waals surface area contributed by atoms with Crippen LogP contribution in [0.5, 0.6) is 0 Å². The molecule has 4 heterocycles. The molecule has 2 aliphatic heterocycles. The average Bonchev–Trinajstić information content (AvgIpc) is 3.15. The molecule has 1 N–H and O–H groups in total. The summed E-state index contributed by atoms with van der Waals surface area (Å²) in [6.07, 6.45) is 2.05. The van der Waals surface area contributed by atoms with Crippen LogP contribution >= 0.6 is 11.3 Å². The van der Waals surface area contributed by atoms with Crippen molar-refractivity contribution in [2.45, 2.75) is 24.7 Å². The highest BCUT2D eigenvalue weighted by atomic mass is 32.1. The second-order valence-electron chi connectivity index (χ2n) is 7.36. The Balaban J connectivity index is 1.40. The van der Waals surface area contributed by atoms with E-state index in [2.05, 4.69) is 26.3 Å². The van der Waals surface area contributed by atoms with E-state index in [1.807, 2.05) is 18.2 Å². The van der Waals surface area contributed by atoms with E-state index in [0.29, 0.717) is 17.5 Å². The minimum absolute atomic E-state index is 0.156. The minimum atomic E-state index is -2.79. The summed E-state index contributed by atoms with van der Waals surface area (Å²) >= 11 is 1.23. The fourth-order valence-electron chi connectivity index (χ4n) is 3.65. The standard InChI is InChI=1S/C19H20F2N6OS/c20-19(21)11-27(12-19)17(28)15-10-29-18(24-15)25-16-5-1-4-14(23-16)13-3-2-7-26(9-13)8-6-22/h1,4-5,10,13H,2-3,7-9,11-12H2,(H,23,24,25)/t13-/m1/s1. The van der Waals surface area contributed by atoms with Gasteiger partial charge in [-0.2, -0.15) is 5.26 Å². The van der Waals surface area contributed by atoms with E-state index in [-0.39, 0.29) is 11.6 Å². The number of alkyl halides is 2. The third-order valence-electron chi connectivity index (χ3n) is 5.08. The molecule has 0 aromatic carbocycles. The lowest BCUT2D eigenvalue weighted by atomic mass is 9.94. The predicted molar refractivity (Wildman–Crippen MR) is 105 cm³/mol. The average molecular weight is 418 g/mol. The zero-order valence-corrected chi connectivity index (χ0v) is 16.5. The maximum atomic E-state index is 13.0. The molecular weight excluding hydrogens is 398 g/mol. The van der Waals surface area contributed by atoms with Crippen molar-refractivity contribution in [2.24, 2.45) is 0 Å². The zero-order chi connectivity index (χ0) is 20.4. The molecule has 2 aliphatic rings. The van der Waals surface area contributed by atoms with Crippen LogP contribution in [0.1, 0.15) is 34.9 Å². The van der Waals surface area contributed by atoms with Gasteiger partial charge in [0.1, 0.15) is 11.5 Å². The summed E-state index contributed by atoms with van der Waals surface area (Å²) in [5.41, 5.74) is 1.11. The van der Waals surface area contributed by atoms with Crippen molar-refractivity contribution in [1.29, 1.82) is 5.26 Å². The van der Waals surface area contributed by atoms with E-state index in [1.54, 1.807) is 5.38 Å². The minimum Gasteiger partial charge on any atom is -0.325 e. The van der Waals surface area contributed by atoms with Crippen LogP contribution in [0.25, 0.3) is 0 Å². The molecule has 0 unspecified atom stereocenters. The van der Waals surface area contributed by atoms with Crippen molar-refractivity contribution in [1.82, 2.24) is 19.8 Å². The lowest BCUT2D eigenvalue weighted by molar-refractivity contribution is -0.113. The smallest absolute Gasteiger partial charge is 0.282 e. The maximum absolute atomic E-state index is 13.0. The van der Waals surface area contributed by atoms with Gasteiger partial charge < -0.3 is 10.2 Å². The van der Waals surface area contributed by atoms with Gasteiger partial charge in [-0.3, -0.25) is 9.69 Å². The Hall–Kier alpha value is -2.64. The summed E-state index contributed by atoms with van der Waals surface area (Å²) in [4.78, 5) is 24.3. The molecule has 7 nitrogen and oxygen atoms in total. The Labute approximate surface area is 171 Å². The van der Waals surface area contributed by atoms with Crippen molar-refractivity contribution >= 4 is 28.2 Å². The van der Waals surface area contributed by atoms with Gasteiger partial charge in [-0.15, -0.1) is 11.3 Å². The largest absolute Gasteiger partial charge is 0.325 e. The normalized spacial score (nSPS) is 21.3. The number of amides is 1. The number of nitriles is 1. The highest BCUT2D eigenvalue weighted by Crippen LogP contribution is 2.30. The Morgan fingerprint density at radius 3 is 2.97 bits per heavy atom. The van der Waals surface area contributed by atoms with Crippen molar-refractivity contribution in [3.8, 4) is 6.07 Å². The molecule has 2 fully saturated rings. The molecule has 1 amide bonds. The lowest BCUT2D eigenvalue weighted by Gasteiger charge is -2.38. The van der Waals surface area contributed by atoms with E-state index in [9.17, 15) is 13.6 Å². The number of halogens is 2. The monoisotopic (exact) mass is 418 g/mol. The van der Waals surface area contributed by atoms with E-state index in [4.69, 9.17) is 5.26 Å². The molecule has 0 aliphatic carbocycles. The van der Waals surface area contributed by atoms with Gasteiger partial charge in [0.25, 0.3) is 11.8 Å². The molecule has 0 saturated carbocycles. The molecule has 29 heavy (non-hydrogen) atoms. The van der Waals surface area contributed by atoms with Gasteiger partial charge in [-0.05, 0) is 31.5 Å². The molecule has 10 heteroatoms. The zero-order valence-electron chi connectivity index (χ0n) is 15.6. The number of anilines is 2. The van der Waals surface area contributed by atoms with Crippen molar-refractivity contribution in [3.05, 3.63) is 35.0 Å². The number of nitrogens with one attached hydrogen (secondary N) is 1. The molecule has 1 atom stereocenters. The number of pyridine rings is 1. The SMILES string of the molecule is N#CCN1CCC[C@@H](c2cccc(Nc3nc(C(=O)N4CC(F)(F)C4)cs3)n2)C1. The van der Waals surface area contributed by atoms with Crippen LogP contribution in [0.15, 0.2) is 23.6 Å². The van der Waals surface area contributed by atoms with Crippen LogP contribution in [-0.2, 0) is 0 Å². The third-order valence-corrected chi connectivity index (χ3v) is 5.84. The first-order valence-electron chi connectivity index (χ1n) is 9.39. The van der Waals surface area contributed by atoms with Crippen molar-refractivity contribution in [3.63, 3.8) is 0 Å². The maximum Gasteiger partial charge on any atom is 0.282 e. The highest BCUT2D eigenvalue weighted by Gasteiger charge is 2.46.